The van der Waals surface area contributed by atoms with Gasteiger partial charge in [0.05, 0.1) is 11.8 Å². The standard InChI is InChI=1S/C15H26N2O/c1-3-13-10-14(17(2)16-13)11-15(18)9-12-7-5-4-6-8-12/h10,12,15,18H,3-9,11H2,1-2H3. The number of nitrogens with zero attached hydrogens (tertiary/aromatic N) is 2. The molecule has 3 heteroatoms. The fraction of sp³-hybridized carbons (Fsp3) is 0.800. The summed E-state index contributed by atoms with van der Waals surface area (Å²) >= 11 is 0. The largest absolute Gasteiger partial charge is 0.393 e. The van der Waals surface area contributed by atoms with Crippen LogP contribution in [0.2, 0.25) is 0 Å². The van der Waals surface area contributed by atoms with E-state index in [1.807, 2.05) is 11.7 Å². The van der Waals surface area contributed by atoms with Crippen molar-refractivity contribution in [2.75, 3.05) is 0 Å². The topological polar surface area (TPSA) is 38.0 Å². The Balaban J connectivity index is 1.85. The lowest BCUT2D eigenvalue weighted by Gasteiger charge is -2.23. The van der Waals surface area contributed by atoms with Crippen molar-refractivity contribution in [2.45, 2.75) is 64.4 Å². The van der Waals surface area contributed by atoms with Crippen LogP contribution in [0.3, 0.4) is 0 Å². The second-order valence-electron chi connectivity index (χ2n) is 5.70. The third-order valence-electron chi connectivity index (χ3n) is 4.16. The van der Waals surface area contributed by atoms with Gasteiger partial charge in [-0.3, -0.25) is 4.68 Å². The summed E-state index contributed by atoms with van der Waals surface area (Å²) in [6.45, 7) is 2.12. The van der Waals surface area contributed by atoms with Gasteiger partial charge in [-0.25, -0.2) is 0 Å². The van der Waals surface area contributed by atoms with Gasteiger partial charge in [0.2, 0.25) is 0 Å². The maximum Gasteiger partial charge on any atom is 0.0624 e. The quantitative estimate of drug-likeness (QED) is 0.872. The fourth-order valence-electron chi connectivity index (χ4n) is 3.07. The molecule has 1 aromatic heterocycles. The van der Waals surface area contributed by atoms with Gasteiger partial charge in [-0.2, -0.15) is 5.10 Å². The first-order valence-electron chi connectivity index (χ1n) is 7.39. The van der Waals surface area contributed by atoms with Gasteiger partial charge in [0.25, 0.3) is 0 Å². The average molecular weight is 250 g/mol. The van der Waals surface area contributed by atoms with E-state index in [1.54, 1.807) is 0 Å². The van der Waals surface area contributed by atoms with Gasteiger partial charge in [0.15, 0.2) is 0 Å². The Kier molecular flexibility index (Phi) is 4.81. The van der Waals surface area contributed by atoms with Gasteiger partial charge in [-0.1, -0.05) is 39.0 Å². The molecule has 1 atom stereocenters. The molecule has 18 heavy (non-hydrogen) atoms. The minimum Gasteiger partial charge on any atom is -0.393 e. The molecule has 1 heterocycles. The number of rotatable bonds is 5. The molecule has 1 aliphatic carbocycles. The third-order valence-corrected chi connectivity index (χ3v) is 4.16. The Morgan fingerprint density at radius 2 is 2.11 bits per heavy atom. The minimum absolute atomic E-state index is 0.201. The molecule has 0 saturated heterocycles. The Morgan fingerprint density at radius 1 is 1.39 bits per heavy atom. The highest BCUT2D eigenvalue weighted by atomic mass is 16.3. The van der Waals surface area contributed by atoms with Crippen molar-refractivity contribution in [1.29, 1.82) is 0 Å². The molecule has 0 aromatic carbocycles. The number of hydrogen-bond donors (Lipinski definition) is 1. The van der Waals surface area contributed by atoms with Crippen LogP contribution in [0.4, 0.5) is 0 Å². The predicted molar refractivity (Wildman–Crippen MR) is 73.5 cm³/mol. The van der Waals surface area contributed by atoms with Crippen LogP contribution in [-0.4, -0.2) is 21.0 Å². The molecule has 1 fully saturated rings. The predicted octanol–water partition coefficient (Wildman–Crippen LogP) is 2.86. The zero-order valence-electron chi connectivity index (χ0n) is 11.7. The van der Waals surface area contributed by atoms with Crippen molar-refractivity contribution < 1.29 is 5.11 Å². The molecular formula is C15H26N2O. The van der Waals surface area contributed by atoms with Crippen LogP contribution in [0.1, 0.15) is 56.8 Å². The highest BCUT2D eigenvalue weighted by molar-refractivity contribution is 5.11. The van der Waals surface area contributed by atoms with Crippen molar-refractivity contribution in [3.8, 4) is 0 Å². The summed E-state index contributed by atoms with van der Waals surface area (Å²) in [6, 6.07) is 2.13. The number of aryl methyl sites for hydroxylation is 2. The first-order valence-corrected chi connectivity index (χ1v) is 7.39. The van der Waals surface area contributed by atoms with Crippen LogP contribution >= 0.6 is 0 Å². The maximum absolute atomic E-state index is 10.2. The molecule has 0 aliphatic heterocycles. The molecule has 3 nitrogen and oxygen atoms in total. The minimum atomic E-state index is -0.201. The second kappa shape index (κ2) is 6.37. The Morgan fingerprint density at radius 3 is 2.72 bits per heavy atom. The van der Waals surface area contributed by atoms with Crippen LogP contribution in [0.25, 0.3) is 0 Å². The molecule has 1 N–H and O–H groups in total. The summed E-state index contributed by atoms with van der Waals surface area (Å²) in [5, 5.41) is 14.7. The van der Waals surface area contributed by atoms with Crippen molar-refractivity contribution in [2.24, 2.45) is 13.0 Å². The van der Waals surface area contributed by atoms with Crippen LogP contribution in [-0.2, 0) is 19.9 Å². The van der Waals surface area contributed by atoms with Gasteiger partial charge in [0, 0.05) is 19.2 Å². The monoisotopic (exact) mass is 250 g/mol. The first-order chi connectivity index (χ1) is 8.69. The van der Waals surface area contributed by atoms with E-state index in [1.165, 1.54) is 32.1 Å². The third kappa shape index (κ3) is 3.58. The van der Waals surface area contributed by atoms with Crippen molar-refractivity contribution in [3.63, 3.8) is 0 Å². The molecule has 1 saturated carbocycles. The van der Waals surface area contributed by atoms with Crippen molar-refractivity contribution in [3.05, 3.63) is 17.5 Å². The van der Waals surface area contributed by atoms with E-state index >= 15 is 0 Å². The van der Waals surface area contributed by atoms with Gasteiger partial charge in [0.1, 0.15) is 0 Å². The highest BCUT2D eigenvalue weighted by Gasteiger charge is 2.18. The molecule has 0 amide bonds. The lowest BCUT2D eigenvalue weighted by atomic mass is 9.85. The van der Waals surface area contributed by atoms with Crippen LogP contribution in [0.5, 0.6) is 0 Å². The van der Waals surface area contributed by atoms with Crippen molar-refractivity contribution >= 4 is 0 Å². The van der Waals surface area contributed by atoms with Gasteiger partial charge in [-0.05, 0) is 24.8 Å². The smallest absolute Gasteiger partial charge is 0.0624 e. The van der Waals surface area contributed by atoms with Crippen molar-refractivity contribution in [1.82, 2.24) is 9.78 Å². The molecule has 1 aromatic rings. The molecule has 0 bridgehead atoms. The highest BCUT2D eigenvalue weighted by Crippen LogP contribution is 2.28. The van der Waals surface area contributed by atoms with E-state index < -0.39 is 0 Å². The van der Waals surface area contributed by atoms with E-state index in [9.17, 15) is 5.11 Å². The fourth-order valence-corrected chi connectivity index (χ4v) is 3.07. The van der Waals surface area contributed by atoms with Crippen LogP contribution in [0.15, 0.2) is 6.07 Å². The molecule has 1 aliphatic rings. The van der Waals surface area contributed by atoms with E-state index in [2.05, 4.69) is 18.1 Å². The summed E-state index contributed by atoms with van der Waals surface area (Å²) in [5.74, 6) is 0.743. The SMILES string of the molecule is CCc1cc(CC(O)CC2CCCCC2)n(C)n1. The summed E-state index contributed by atoms with van der Waals surface area (Å²) in [4.78, 5) is 0. The lowest BCUT2D eigenvalue weighted by Crippen LogP contribution is -2.19. The molecule has 2 rings (SSSR count). The van der Waals surface area contributed by atoms with E-state index in [-0.39, 0.29) is 6.10 Å². The molecule has 1 unspecified atom stereocenters. The maximum atomic E-state index is 10.2. The number of aliphatic hydroxyl groups is 1. The van der Waals surface area contributed by atoms with Gasteiger partial charge >= 0.3 is 0 Å². The first kappa shape index (κ1) is 13.6. The van der Waals surface area contributed by atoms with Gasteiger partial charge in [-0.15, -0.1) is 0 Å². The van der Waals surface area contributed by atoms with Gasteiger partial charge < -0.3 is 5.11 Å². The van der Waals surface area contributed by atoms with Crippen LogP contribution < -0.4 is 0 Å². The van der Waals surface area contributed by atoms with E-state index in [0.717, 1.165) is 36.6 Å². The summed E-state index contributed by atoms with van der Waals surface area (Å²) < 4.78 is 1.92. The molecule has 102 valence electrons. The molecule has 0 spiro atoms. The zero-order chi connectivity index (χ0) is 13.0. The van der Waals surface area contributed by atoms with Crippen LogP contribution in [0, 0.1) is 5.92 Å². The normalized spacial score (nSPS) is 19.1. The summed E-state index contributed by atoms with van der Waals surface area (Å²) in [5.41, 5.74) is 2.28. The number of aromatic nitrogens is 2. The second-order valence-corrected chi connectivity index (χ2v) is 5.70. The summed E-state index contributed by atoms with van der Waals surface area (Å²) in [6.07, 6.45) is 9.18. The van der Waals surface area contributed by atoms with E-state index in [4.69, 9.17) is 0 Å². The lowest BCUT2D eigenvalue weighted by molar-refractivity contribution is 0.128. The molecule has 0 radical (unpaired) electrons. The number of hydrogen-bond acceptors (Lipinski definition) is 2. The molecular weight excluding hydrogens is 224 g/mol. The zero-order valence-corrected chi connectivity index (χ0v) is 11.7. The Bertz CT molecular complexity index is 367. The Hall–Kier alpha value is -0.830. The average Bonchev–Trinajstić information content (AvgIpc) is 2.71. The number of aliphatic hydroxyl groups excluding tert-OH is 1. The van der Waals surface area contributed by atoms with E-state index in [0.29, 0.717) is 0 Å². The summed E-state index contributed by atoms with van der Waals surface area (Å²) in [7, 11) is 1.97. The Labute approximate surface area is 110 Å².